The van der Waals surface area contributed by atoms with Crippen LogP contribution in [0, 0.1) is 5.92 Å². The Balaban J connectivity index is 0.00000220. The predicted molar refractivity (Wildman–Crippen MR) is 88.1 cm³/mol. The van der Waals surface area contributed by atoms with Gasteiger partial charge in [-0.25, -0.2) is 4.98 Å². The average Bonchev–Trinajstić information content (AvgIpc) is 2.79. The van der Waals surface area contributed by atoms with Crippen molar-refractivity contribution in [2.45, 2.75) is 32.0 Å². The van der Waals surface area contributed by atoms with Crippen LogP contribution >= 0.6 is 35.3 Å². The molecule has 9 heteroatoms. The summed E-state index contributed by atoms with van der Waals surface area (Å²) in [5.41, 5.74) is -0.836. The normalized spacial score (nSPS) is 16.1. The van der Waals surface area contributed by atoms with Crippen molar-refractivity contribution in [3.63, 3.8) is 0 Å². The molecule has 0 radical (unpaired) electrons. The van der Waals surface area contributed by atoms with Gasteiger partial charge in [0.25, 0.3) is 0 Å². The van der Waals surface area contributed by atoms with E-state index in [0.717, 1.165) is 23.3 Å². The minimum Gasteiger partial charge on any atom is -0.356 e. The molecule has 2 rings (SSSR count). The molecule has 21 heavy (non-hydrogen) atoms. The van der Waals surface area contributed by atoms with Gasteiger partial charge in [0.1, 0.15) is 5.01 Å². The second-order valence-corrected chi connectivity index (χ2v) is 5.67. The SMILES string of the molecule is CN=C(NCc1nc(C(F)(F)F)cs1)NCC1CCC1.I. The van der Waals surface area contributed by atoms with E-state index in [1.165, 1.54) is 19.3 Å². The van der Waals surface area contributed by atoms with Crippen molar-refractivity contribution in [2.75, 3.05) is 13.6 Å². The topological polar surface area (TPSA) is 49.3 Å². The van der Waals surface area contributed by atoms with Gasteiger partial charge in [0.05, 0.1) is 6.54 Å². The maximum Gasteiger partial charge on any atom is 0.434 e. The van der Waals surface area contributed by atoms with Crippen LogP contribution in [0.3, 0.4) is 0 Å². The first-order valence-electron chi connectivity index (χ1n) is 6.45. The molecule has 1 aromatic rings. The lowest BCUT2D eigenvalue weighted by molar-refractivity contribution is -0.140. The first-order valence-corrected chi connectivity index (χ1v) is 7.33. The zero-order valence-electron chi connectivity index (χ0n) is 11.5. The van der Waals surface area contributed by atoms with Gasteiger partial charge in [-0.15, -0.1) is 35.3 Å². The Kier molecular flexibility index (Phi) is 7.17. The Morgan fingerprint density at radius 3 is 2.62 bits per heavy atom. The van der Waals surface area contributed by atoms with Crippen molar-refractivity contribution < 1.29 is 13.2 Å². The first kappa shape index (κ1) is 18.5. The summed E-state index contributed by atoms with van der Waals surface area (Å²) in [4.78, 5) is 7.60. The molecule has 0 aliphatic heterocycles. The third kappa shape index (κ3) is 5.61. The molecule has 1 aromatic heterocycles. The molecule has 0 unspecified atom stereocenters. The van der Waals surface area contributed by atoms with Crippen LogP contribution in [0.25, 0.3) is 0 Å². The summed E-state index contributed by atoms with van der Waals surface area (Å²) < 4.78 is 37.2. The van der Waals surface area contributed by atoms with Crippen molar-refractivity contribution >= 4 is 41.3 Å². The highest BCUT2D eigenvalue weighted by molar-refractivity contribution is 14.0. The molecular formula is C12H18F3IN4S. The summed E-state index contributed by atoms with van der Waals surface area (Å²) in [7, 11) is 1.64. The van der Waals surface area contributed by atoms with E-state index in [-0.39, 0.29) is 30.5 Å². The van der Waals surface area contributed by atoms with Crippen molar-refractivity contribution in [3.05, 3.63) is 16.1 Å². The van der Waals surface area contributed by atoms with Crippen LogP contribution in [0.4, 0.5) is 13.2 Å². The van der Waals surface area contributed by atoms with Crippen molar-refractivity contribution in [1.29, 1.82) is 0 Å². The Bertz CT molecular complexity index is 471. The lowest BCUT2D eigenvalue weighted by Gasteiger charge is -2.26. The molecule has 120 valence electrons. The van der Waals surface area contributed by atoms with Gasteiger partial charge in [-0.1, -0.05) is 6.42 Å². The summed E-state index contributed by atoms with van der Waals surface area (Å²) in [6.45, 7) is 1.09. The second kappa shape index (κ2) is 8.16. The first-order chi connectivity index (χ1) is 9.49. The van der Waals surface area contributed by atoms with Crippen molar-refractivity contribution in [3.8, 4) is 0 Å². The van der Waals surface area contributed by atoms with Crippen LogP contribution in [0.5, 0.6) is 0 Å². The Morgan fingerprint density at radius 2 is 2.14 bits per heavy atom. The number of guanidine groups is 1. The van der Waals surface area contributed by atoms with Gasteiger partial charge in [-0.05, 0) is 18.8 Å². The number of aliphatic imine (C=N–C) groups is 1. The van der Waals surface area contributed by atoms with Gasteiger partial charge in [0.2, 0.25) is 0 Å². The molecule has 0 aromatic carbocycles. The van der Waals surface area contributed by atoms with Crippen LogP contribution in [-0.4, -0.2) is 24.5 Å². The smallest absolute Gasteiger partial charge is 0.356 e. The van der Waals surface area contributed by atoms with E-state index in [9.17, 15) is 13.2 Å². The number of nitrogens with one attached hydrogen (secondary N) is 2. The van der Waals surface area contributed by atoms with Crippen LogP contribution < -0.4 is 10.6 Å². The maximum absolute atomic E-state index is 12.4. The summed E-state index contributed by atoms with van der Waals surface area (Å²) >= 11 is 0.993. The van der Waals surface area contributed by atoms with Gasteiger partial charge >= 0.3 is 6.18 Å². The van der Waals surface area contributed by atoms with E-state index >= 15 is 0 Å². The van der Waals surface area contributed by atoms with E-state index < -0.39 is 11.9 Å². The van der Waals surface area contributed by atoms with Gasteiger partial charge in [0.15, 0.2) is 11.7 Å². The quantitative estimate of drug-likeness (QED) is 0.435. The molecule has 1 fully saturated rings. The fourth-order valence-corrected chi connectivity index (χ4v) is 2.58. The van der Waals surface area contributed by atoms with E-state index in [4.69, 9.17) is 0 Å². The van der Waals surface area contributed by atoms with Gasteiger partial charge in [-0.2, -0.15) is 13.2 Å². The number of rotatable bonds is 4. The zero-order valence-corrected chi connectivity index (χ0v) is 14.7. The molecule has 1 aliphatic carbocycles. The Labute approximate surface area is 142 Å². The Morgan fingerprint density at radius 1 is 1.43 bits per heavy atom. The van der Waals surface area contributed by atoms with E-state index in [0.29, 0.717) is 16.9 Å². The zero-order chi connectivity index (χ0) is 14.6. The molecule has 0 saturated heterocycles. The lowest BCUT2D eigenvalue weighted by Crippen LogP contribution is -2.40. The molecule has 1 saturated carbocycles. The predicted octanol–water partition coefficient (Wildman–Crippen LogP) is 3.25. The number of hydrogen-bond donors (Lipinski definition) is 2. The highest BCUT2D eigenvalue weighted by Gasteiger charge is 2.33. The number of nitrogens with zero attached hydrogens (tertiary/aromatic N) is 2. The highest BCUT2D eigenvalue weighted by Crippen LogP contribution is 2.29. The van der Waals surface area contributed by atoms with E-state index in [1.54, 1.807) is 7.05 Å². The largest absolute Gasteiger partial charge is 0.434 e. The van der Waals surface area contributed by atoms with E-state index in [1.807, 2.05) is 0 Å². The summed E-state index contributed by atoms with van der Waals surface area (Å²) in [5, 5.41) is 7.57. The monoisotopic (exact) mass is 434 g/mol. The Hall–Kier alpha value is -0.580. The summed E-state index contributed by atoms with van der Waals surface area (Å²) in [6, 6.07) is 0. The maximum atomic E-state index is 12.4. The number of hydrogen-bond acceptors (Lipinski definition) is 3. The number of aromatic nitrogens is 1. The molecule has 0 spiro atoms. The standard InChI is InChI=1S/C12H17F3N4S.HI/c1-16-11(17-5-8-3-2-4-8)18-6-10-19-9(7-20-10)12(13,14)15;/h7-8H,2-6H2,1H3,(H2,16,17,18);1H. The van der Waals surface area contributed by atoms with E-state index in [2.05, 4.69) is 20.6 Å². The molecule has 0 amide bonds. The van der Waals surface area contributed by atoms with Crippen LogP contribution in [0.15, 0.2) is 10.4 Å². The molecule has 0 atom stereocenters. The fraction of sp³-hybridized carbons (Fsp3) is 0.667. The highest BCUT2D eigenvalue weighted by atomic mass is 127. The lowest BCUT2D eigenvalue weighted by atomic mass is 9.85. The molecule has 1 heterocycles. The van der Waals surface area contributed by atoms with Gasteiger partial charge in [0, 0.05) is 19.0 Å². The third-order valence-corrected chi connectivity index (χ3v) is 4.10. The molecular weight excluding hydrogens is 416 g/mol. The van der Waals surface area contributed by atoms with Gasteiger partial charge < -0.3 is 10.6 Å². The minimum atomic E-state index is -4.38. The number of thiazole rings is 1. The summed E-state index contributed by atoms with van der Waals surface area (Å²) in [6.07, 6.45) is -0.645. The molecule has 2 N–H and O–H groups in total. The molecule has 1 aliphatic rings. The summed E-state index contributed by atoms with van der Waals surface area (Å²) in [5.74, 6) is 1.28. The van der Waals surface area contributed by atoms with Crippen LogP contribution in [0.1, 0.15) is 30.0 Å². The second-order valence-electron chi connectivity index (χ2n) is 4.73. The number of halogens is 4. The van der Waals surface area contributed by atoms with Gasteiger partial charge in [-0.3, -0.25) is 4.99 Å². The fourth-order valence-electron chi connectivity index (χ4n) is 1.84. The number of alkyl halides is 3. The minimum absolute atomic E-state index is 0. The van der Waals surface area contributed by atoms with Crippen molar-refractivity contribution in [1.82, 2.24) is 15.6 Å². The van der Waals surface area contributed by atoms with Crippen molar-refractivity contribution in [2.24, 2.45) is 10.9 Å². The molecule has 4 nitrogen and oxygen atoms in total. The van der Waals surface area contributed by atoms with Crippen LogP contribution in [-0.2, 0) is 12.7 Å². The third-order valence-electron chi connectivity index (χ3n) is 3.26. The van der Waals surface area contributed by atoms with Crippen LogP contribution in [0.2, 0.25) is 0 Å². The molecule has 0 bridgehead atoms. The average molecular weight is 434 g/mol.